The Hall–Kier alpha value is -2.97. The van der Waals surface area contributed by atoms with E-state index in [2.05, 4.69) is 14.5 Å². The zero-order chi connectivity index (χ0) is 18.3. The van der Waals surface area contributed by atoms with Crippen molar-refractivity contribution in [3.05, 3.63) is 60.6 Å². The molecule has 2 heterocycles. The third-order valence-corrected chi connectivity index (χ3v) is 5.25. The molecule has 0 radical (unpaired) electrons. The van der Waals surface area contributed by atoms with Crippen molar-refractivity contribution in [2.45, 2.75) is 11.4 Å². The summed E-state index contributed by atoms with van der Waals surface area (Å²) in [5, 5.41) is 7.14. The molecule has 2 N–H and O–H groups in total. The van der Waals surface area contributed by atoms with E-state index in [1.54, 1.807) is 25.4 Å². The van der Waals surface area contributed by atoms with E-state index in [1.807, 2.05) is 18.2 Å². The summed E-state index contributed by atoms with van der Waals surface area (Å²) in [6.07, 6.45) is 3.30. The quantitative estimate of drug-likeness (QED) is 0.596. The Morgan fingerprint density at radius 3 is 2.58 bits per heavy atom. The van der Waals surface area contributed by atoms with Crippen LogP contribution in [0, 0.1) is 0 Å². The van der Waals surface area contributed by atoms with E-state index >= 15 is 0 Å². The standard InChI is InChI=1S/C18H16N4O3S/c1-25-13-4-7-15-16-9-20-11-21-18(16)22(17(15)8-13)10-12-2-5-14(6-3-12)26(19,23)24/h2-9,11H,10H2,1H3,(H2,19,23,24). The second-order valence-electron chi connectivity index (χ2n) is 5.92. The Morgan fingerprint density at radius 1 is 1.12 bits per heavy atom. The lowest BCUT2D eigenvalue weighted by molar-refractivity contribution is 0.415. The highest BCUT2D eigenvalue weighted by Crippen LogP contribution is 2.30. The number of methoxy groups -OCH3 is 1. The number of sulfonamides is 1. The highest BCUT2D eigenvalue weighted by Gasteiger charge is 2.14. The van der Waals surface area contributed by atoms with Crippen LogP contribution in [0.4, 0.5) is 0 Å². The Kier molecular flexibility index (Phi) is 3.86. The molecule has 4 aromatic rings. The zero-order valence-electron chi connectivity index (χ0n) is 14.0. The summed E-state index contributed by atoms with van der Waals surface area (Å²) in [7, 11) is -2.08. The van der Waals surface area contributed by atoms with E-state index in [0.29, 0.717) is 6.54 Å². The minimum atomic E-state index is -3.70. The van der Waals surface area contributed by atoms with Gasteiger partial charge < -0.3 is 9.30 Å². The van der Waals surface area contributed by atoms with Gasteiger partial charge in [0.2, 0.25) is 10.0 Å². The predicted molar refractivity (Wildman–Crippen MR) is 98.5 cm³/mol. The smallest absolute Gasteiger partial charge is 0.238 e. The monoisotopic (exact) mass is 368 g/mol. The van der Waals surface area contributed by atoms with Gasteiger partial charge >= 0.3 is 0 Å². The van der Waals surface area contributed by atoms with Crippen molar-refractivity contribution in [1.29, 1.82) is 0 Å². The Labute approximate surface area is 150 Å². The second-order valence-corrected chi connectivity index (χ2v) is 7.48. The third-order valence-electron chi connectivity index (χ3n) is 4.33. The first-order valence-electron chi connectivity index (χ1n) is 7.85. The maximum Gasteiger partial charge on any atom is 0.238 e. The molecule has 7 nitrogen and oxygen atoms in total. The first-order chi connectivity index (χ1) is 12.5. The lowest BCUT2D eigenvalue weighted by Gasteiger charge is -2.08. The van der Waals surface area contributed by atoms with Crippen LogP contribution in [0.25, 0.3) is 21.9 Å². The van der Waals surface area contributed by atoms with Crippen molar-refractivity contribution in [1.82, 2.24) is 14.5 Å². The number of primary sulfonamides is 1. The number of nitrogens with two attached hydrogens (primary N) is 1. The minimum Gasteiger partial charge on any atom is -0.497 e. The molecule has 4 rings (SSSR count). The summed E-state index contributed by atoms with van der Waals surface area (Å²) in [6, 6.07) is 12.4. The molecular weight excluding hydrogens is 352 g/mol. The lowest BCUT2D eigenvalue weighted by Crippen LogP contribution is -2.12. The molecule has 0 aliphatic rings. The Bertz CT molecular complexity index is 1210. The molecule has 0 aliphatic heterocycles. The predicted octanol–water partition coefficient (Wildman–Crippen LogP) is 2.29. The number of hydrogen-bond acceptors (Lipinski definition) is 5. The first kappa shape index (κ1) is 16.5. The van der Waals surface area contributed by atoms with Crippen LogP contribution in [0.3, 0.4) is 0 Å². The summed E-state index contributed by atoms with van der Waals surface area (Å²) in [5.41, 5.74) is 2.70. The van der Waals surface area contributed by atoms with Gasteiger partial charge in [0, 0.05) is 29.6 Å². The molecule has 0 unspecified atom stereocenters. The fourth-order valence-corrected chi connectivity index (χ4v) is 3.57. The molecule has 8 heteroatoms. The highest BCUT2D eigenvalue weighted by atomic mass is 32.2. The van der Waals surface area contributed by atoms with E-state index < -0.39 is 10.0 Å². The summed E-state index contributed by atoms with van der Waals surface area (Å²) in [4.78, 5) is 8.64. The largest absolute Gasteiger partial charge is 0.497 e. The molecule has 132 valence electrons. The van der Waals surface area contributed by atoms with Crippen LogP contribution in [0.2, 0.25) is 0 Å². The van der Waals surface area contributed by atoms with E-state index in [0.717, 1.165) is 33.2 Å². The first-order valence-corrected chi connectivity index (χ1v) is 9.40. The molecule has 2 aromatic carbocycles. The second kappa shape index (κ2) is 6.08. The summed E-state index contributed by atoms with van der Waals surface area (Å²) in [6.45, 7) is 0.523. The van der Waals surface area contributed by atoms with Crippen molar-refractivity contribution in [3.8, 4) is 5.75 Å². The maximum absolute atomic E-state index is 11.4. The van der Waals surface area contributed by atoms with Crippen LogP contribution < -0.4 is 9.88 Å². The molecule has 0 saturated heterocycles. The molecule has 0 bridgehead atoms. The number of aromatic nitrogens is 3. The summed E-state index contributed by atoms with van der Waals surface area (Å²) in [5.74, 6) is 0.749. The molecule has 2 aromatic heterocycles. The topological polar surface area (TPSA) is 100 Å². The summed E-state index contributed by atoms with van der Waals surface area (Å²) < 4.78 is 30.2. The fraction of sp³-hybridized carbons (Fsp3) is 0.111. The van der Waals surface area contributed by atoms with Crippen LogP contribution in [0.15, 0.2) is 59.9 Å². The van der Waals surface area contributed by atoms with Gasteiger partial charge in [-0.05, 0) is 29.8 Å². The number of rotatable bonds is 4. The van der Waals surface area contributed by atoms with Crippen molar-refractivity contribution >= 4 is 32.0 Å². The van der Waals surface area contributed by atoms with Crippen LogP contribution in [-0.2, 0) is 16.6 Å². The van der Waals surface area contributed by atoms with Gasteiger partial charge in [0.05, 0.1) is 17.5 Å². The van der Waals surface area contributed by atoms with Crippen molar-refractivity contribution in [2.75, 3.05) is 7.11 Å². The molecular formula is C18H16N4O3S. The molecule has 0 aliphatic carbocycles. The molecule has 0 atom stereocenters. The molecule has 0 amide bonds. The minimum absolute atomic E-state index is 0.0902. The normalized spacial score (nSPS) is 11.9. The Morgan fingerprint density at radius 2 is 1.88 bits per heavy atom. The number of ether oxygens (including phenoxy) is 1. The fourth-order valence-electron chi connectivity index (χ4n) is 3.06. The van der Waals surface area contributed by atoms with Crippen molar-refractivity contribution in [2.24, 2.45) is 5.14 Å². The molecule has 0 fully saturated rings. The van der Waals surface area contributed by atoms with Gasteiger partial charge in [-0.2, -0.15) is 0 Å². The van der Waals surface area contributed by atoms with Gasteiger partial charge in [0.1, 0.15) is 17.7 Å². The van der Waals surface area contributed by atoms with Gasteiger partial charge in [-0.1, -0.05) is 12.1 Å². The van der Waals surface area contributed by atoms with Gasteiger partial charge in [0.15, 0.2) is 0 Å². The van der Waals surface area contributed by atoms with E-state index in [1.165, 1.54) is 18.5 Å². The van der Waals surface area contributed by atoms with Gasteiger partial charge in [0.25, 0.3) is 0 Å². The summed E-state index contributed by atoms with van der Waals surface area (Å²) >= 11 is 0. The average molecular weight is 368 g/mol. The van der Waals surface area contributed by atoms with Crippen LogP contribution in [0.5, 0.6) is 5.75 Å². The van der Waals surface area contributed by atoms with Crippen LogP contribution in [-0.4, -0.2) is 30.1 Å². The number of benzene rings is 2. The molecule has 0 saturated carbocycles. The number of hydrogen-bond donors (Lipinski definition) is 1. The average Bonchev–Trinajstić information content (AvgIpc) is 2.95. The third kappa shape index (κ3) is 2.79. The molecule has 26 heavy (non-hydrogen) atoms. The van der Waals surface area contributed by atoms with Gasteiger partial charge in [-0.25, -0.2) is 23.5 Å². The van der Waals surface area contributed by atoms with Crippen molar-refractivity contribution in [3.63, 3.8) is 0 Å². The van der Waals surface area contributed by atoms with Gasteiger partial charge in [-0.3, -0.25) is 0 Å². The Balaban J connectivity index is 1.86. The SMILES string of the molecule is COc1ccc2c3cncnc3n(Cc3ccc(S(N)(=O)=O)cc3)c2c1. The zero-order valence-corrected chi connectivity index (χ0v) is 14.8. The molecule has 0 spiro atoms. The number of nitrogens with zero attached hydrogens (tertiary/aromatic N) is 3. The van der Waals surface area contributed by atoms with E-state index in [9.17, 15) is 8.42 Å². The van der Waals surface area contributed by atoms with E-state index in [-0.39, 0.29) is 4.90 Å². The van der Waals surface area contributed by atoms with Crippen LogP contribution >= 0.6 is 0 Å². The maximum atomic E-state index is 11.4. The van der Waals surface area contributed by atoms with Crippen LogP contribution in [0.1, 0.15) is 5.56 Å². The van der Waals surface area contributed by atoms with Gasteiger partial charge in [-0.15, -0.1) is 0 Å². The van der Waals surface area contributed by atoms with E-state index in [4.69, 9.17) is 9.88 Å². The van der Waals surface area contributed by atoms with Crippen molar-refractivity contribution < 1.29 is 13.2 Å². The number of fused-ring (bicyclic) bond motifs is 3. The lowest BCUT2D eigenvalue weighted by atomic mass is 10.2. The highest BCUT2D eigenvalue weighted by molar-refractivity contribution is 7.89.